The quantitative estimate of drug-likeness (QED) is 0.618. The van der Waals surface area contributed by atoms with Gasteiger partial charge in [-0.25, -0.2) is 0 Å². The van der Waals surface area contributed by atoms with Crippen LogP contribution < -0.4 is 17.3 Å². The molecule has 1 aliphatic heterocycles. The van der Waals surface area contributed by atoms with E-state index in [2.05, 4.69) is 4.90 Å². The van der Waals surface area contributed by atoms with E-state index >= 15 is 0 Å². The maximum absolute atomic E-state index is 12.4. The van der Waals surface area contributed by atoms with E-state index in [0.717, 1.165) is 43.7 Å². The molecule has 0 spiro atoms. The highest BCUT2D eigenvalue weighted by molar-refractivity contribution is 5.97. The third-order valence-electron chi connectivity index (χ3n) is 4.76. The molecule has 1 heterocycles. The Labute approximate surface area is 161 Å². The molecule has 1 atom stereocenters. The first-order valence-corrected chi connectivity index (χ1v) is 8.95. The Morgan fingerprint density at radius 2 is 1.38 bits per heavy atom. The van der Waals surface area contributed by atoms with Gasteiger partial charge in [0, 0.05) is 30.6 Å². The molecule has 0 radical (unpaired) electrons. The highest BCUT2D eigenvalue weighted by Crippen LogP contribution is 2.03. The van der Waals surface area contributed by atoms with Crippen LogP contribution in [0.2, 0.25) is 0 Å². The fourth-order valence-corrected chi connectivity index (χ4v) is 3.31. The van der Waals surface area contributed by atoms with Crippen molar-refractivity contribution in [3.05, 3.63) is 71.8 Å². The number of halogens is 1. The summed E-state index contributed by atoms with van der Waals surface area (Å²) in [5.41, 5.74) is 1.56. The molecule has 0 amide bonds. The fourth-order valence-electron chi connectivity index (χ4n) is 3.31. The molecule has 5 heteroatoms. The molecule has 1 aliphatic rings. The molecule has 3 rings (SSSR count). The third-order valence-corrected chi connectivity index (χ3v) is 4.76. The van der Waals surface area contributed by atoms with Crippen LogP contribution in [-0.2, 0) is 0 Å². The van der Waals surface area contributed by atoms with E-state index in [-0.39, 0.29) is 24.0 Å². The Hall–Kier alpha value is -2.01. The summed E-state index contributed by atoms with van der Waals surface area (Å²) in [4.78, 5) is 28.3. The average molecular weight is 373 g/mol. The van der Waals surface area contributed by atoms with Gasteiger partial charge in [-0.15, -0.1) is 0 Å². The first-order chi connectivity index (χ1) is 12.2. The molecule has 0 bridgehead atoms. The number of hydrogen-bond donors (Lipinski definition) is 1. The van der Waals surface area contributed by atoms with Gasteiger partial charge < -0.3 is 17.3 Å². The van der Waals surface area contributed by atoms with E-state index in [4.69, 9.17) is 0 Å². The summed E-state index contributed by atoms with van der Waals surface area (Å²) >= 11 is 0. The van der Waals surface area contributed by atoms with Crippen LogP contribution >= 0.6 is 0 Å². The minimum Gasteiger partial charge on any atom is -1.00 e. The number of rotatable bonds is 6. The molecule has 1 saturated heterocycles. The number of nitrogens with zero attached hydrogens (tertiary/aromatic N) is 1. The Kier molecular flexibility index (Phi) is 7.98. The monoisotopic (exact) mass is 372 g/mol. The van der Waals surface area contributed by atoms with Crippen molar-refractivity contribution >= 4 is 11.6 Å². The second kappa shape index (κ2) is 10.2. The van der Waals surface area contributed by atoms with Crippen molar-refractivity contribution in [1.29, 1.82) is 0 Å². The molecule has 1 fully saturated rings. The minimum atomic E-state index is 0. The molecule has 2 aromatic rings. The van der Waals surface area contributed by atoms with Crippen LogP contribution in [0.1, 0.15) is 27.1 Å². The minimum absolute atomic E-state index is 0. The van der Waals surface area contributed by atoms with E-state index in [9.17, 15) is 9.59 Å². The van der Waals surface area contributed by atoms with Crippen molar-refractivity contribution in [3.63, 3.8) is 0 Å². The van der Waals surface area contributed by atoms with Gasteiger partial charge in [-0.05, 0) is 0 Å². The molecule has 138 valence electrons. The lowest BCUT2D eigenvalue weighted by Crippen LogP contribution is -3.13. The Balaban J connectivity index is 0.00000243. The SMILES string of the molecule is O=C(CN1CCC[NH+](CC(=O)c2ccccc2)CC1)c1ccccc1.[Cl-]. The summed E-state index contributed by atoms with van der Waals surface area (Å²) in [6.07, 6.45) is 1.01. The normalized spacial score (nSPS) is 17.8. The molecule has 1 N–H and O–H groups in total. The van der Waals surface area contributed by atoms with E-state index in [1.807, 2.05) is 60.7 Å². The van der Waals surface area contributed by atoms with Gasteiger partial charge in [-0.3, -0.25) is 14.5 Å². The summed E-state index contributed by atoms with van der Waals surface area (Å²) in [5.74, 6) is 0.369. The van der Waals surface area contributed by atoms with Crippen molar-refractivity contribution in [1.82, 2.24) is 4.90 Å². The van der Waals surface area contributed by atoms with Gasteiger partial charge in [-0.2, -0.15) is 0 Å². The molecule has 0 saturated carbocycles. The van der Waals surface area contributed by atoms with Gasteiger partial charge in [0.2, 0.25) is 5.78 Å². The van der Waals surface area contributed by atoms with Crippen LogP contribution in [0.15, 0.2) is 60.7 Å². The topological polar surface area (TPSA) is 41.8 Å². The Bertz CT molecular complexity index is 645. The number of hydrogen-bond acceptors (Lipinski definition) is 3. The van der Waals surface area contributed by atoms with Crippen molar-refractivity contribution in [3.8, 4) is 0 Å². The Morgan fingerprint density at radius 1 is 0.808 bits per heavy atom. The van der Waals surface area contributed by atoms with Crippen molar-refractivity contribution < 1.29 is 26.9 Å². The molecule has 2 aromatic carbocycles. The summed E-state index contributed by atoms with van der Waals surface area (Å²) in [5, 5.41) is 0. The maximum atomic E-state index is 12.4. The summed E-state index contributed by atoms with van der Waals surface area (Å²) < 4.78 is 0. The molecule has 26 heavy (non-hydrogen) atoms. The first kappa shape index (κ1) is 20.3. The molecule has 0 aromatic heterocycles. The van der Waals surface area contributed by atoms with Gasteiger partial charge in [0.1, 0.15) is 6.54 Å². The zero-order chi connectivity index (χ0) is 17.5. The largest absolute Gasteiger partial charge is 1.00 e. The van der Waals surface area contributed by atoms with Gasteiger partial charge in [0.05, 0.1) is 19.6 Å². The van der Waals surface area contributed by atoms with Crippen molar-refractivity contribution in [2.75, 3.05) is 39.3 Å². The molecule has 1 unspecified atom stereocenters. The van der Waals surface area contributed by atoms with Crippen LogP contribution in [0.4, 0.5) is 0 Å². The van der Waals surface area contributed by atoms with Crippen LogP contribution in [-0.4, -0.2) is 55.7 Å². The number of benzene rings is 2. The number of Topliss-reactive ketones (excluding diaryl/α,β-unsaturated/α-hetero) is 2. The van der Waals surface area contributed by atoms with Gasteiger partial charge in [0.25, 0.3) is 0 Å². The zero-order valence-electron chi connectivity index (χ0n) is 14.9. The average Bonchev–Trinajstić information content (AvgIpc) is 2.88. The number of nitrogens with one attached hydrogen (secondary N) is 1. The first-order valence-electron chi connectivity index (χ1n) is 8.95. The van der Waals surface area contributed by atoms with Crippen LogP contribution in [0, 0.1) is 0 Å². The second-order valence-electron chi connectivity index (χ2n) is 6.63. The van der Waals surface area contributed by atoms with Crippen LogP contribution in [0.25, 0.3) is 0 Å². The lowest BCUT2D eigenvalue weighted by Gasteiger charge is -2.19. The lowest BCUT2D eigenvalue weighted by atomic mass is 10.1. The Morgan fingerprint density at radius 3 is 2.00 bits per heavy atom. The van der Waals surface area contributed by atoms with E-state index in [0.29, 0.717) is 13.1 Å². The number of quaternary nitrogens is 1. The number of ketones is 2. The summed E-state index contributed by atoms with van der Waals surface area (Å²) in [7, 11) is 0. The fraction of sp³-hybridized carbons (Fsp3) is 0.333. The lowest BCUT2D eigenvalue weighted by molar-refractivity contribution is -0.889. The summed E-state index contributed by atoms with van der Waals surface area (Å²) in [6, 6.07) is 19.0. The molecular formula is C21H25ClN2O2. The van der Waals surface area contributed by atoms with Gasteiger partial charge in [-0.1, -0.05) is 60.7 Å². The highest BCUT2D eigenvalue weighted by atomic mass is 35.5. The highest BCUT2D eigenvalue weighted by Gasteiger charge is 2.22. The second-order valence-corrected chi connectivity index (χ2v) is 6.63. The van der Waals surface area contributed by atoms with Crippen molar-refractivity contribution in [2.45, 2.75) is 6.42 Å². The van der Waals surface area contributed by atoms with Crippen molar-refractivity contribution in [2.24, 2.45) is 0 Å². The predicted molar refractivity (Wildman–Crippen MR) is 98.2 cm³/mol. The van der Waals surface area contributed by atoms with Crippen LogP contribution in [0.5, 0.6) is 0 Å². The third kappa shape index (κ3) is 5.77. The summed E-state index contributed by atoms with van der Waals surface area (Å²) in [6.45, 7) is 4.65. The van der Waals surface area contributed by atoms with E-state index < -0.39 is 0 Å². The predicted octanol–water partition coefficient (Wildman–Crippen LogP) is -1.65. The van der Waals surface area contributed by atoms with Gasteiger partial charge in [0.15, 0.2) is 5.78 Å². The zero-order valence-corrected chi connectivity index (χ0v) is 15.6. The standard InChI is InChI=1S/C21H24N2O2.ClH/c24-20(18-8-3-1-4-9-18)16-22-12-7-13-23(15-14-22)17-21(25)19-10-5-2-6-11-19;/h1-6,8-11H,7,12-17H2;1H. The molecule has 4 nitrogen and oxygen atoms in total. The van der Waals surface area contributed by atoms with Crippen LogP contribution in [0.3, 0.4) is 0 Å². The smallest absolute Gasteiger partial charge is 0.216 e. The van der Waals surface area contributed by atoms with E-state index in [1.165, 1.54) is 4.90 Å². The molecule has 0 aliphatic carbocycles. The maximum Gasteiger partial charge on any atom is 0.216 e. The number of carbonyl (C=O) groups is 2. The van der Waals surface area contributed by atoms with Gasteiger partial charge >= 0.3 is 0 Å². The molecular weight excluding hydrogens is 348 g/mol. The number of carbonyl (C=O) groups excluding carboxylic acids is 2. The van der Waals surface area contributed by atoms with E-state index in [1.54, 1.807) is 0 Å².